The Labute approximate surface area is 169 Å². The van der Waals surface area contributed by atoms with Gasteiger partial charge in [-0.25, -0.2) is 0 Å². The molecule has 158 valence electrons. The van der Waals surface area contributed by atoms with Crippen molar-refractivity contribution in [2.75, 3.05) is 0 Å². The van der Waals surface area contributed by atoms with E-state index < -0.39 is 0 Å². The fourth-order valence-corrected chi connectivity index (χ4v) is 4.36. The zero-order valence-corrected chi connectivity index (χ0v) is 18.6. The van der Waals surface area contributed by atoms with Crippen LogP contribution in [0.15, 0.2) is 12.2 Å². The molecule has 0 amide bonds. The second kappa shape index (κ2) is 15.2. The van der Waals surface area contributed by atoms with Crippen LogP contribution in [0, 0.1) is 11.8 Å². The number of esters is 1. The summed E-state index contributed by atoms with van der Waals surface area (Å²) in [6.07, 6.45) is 19.9. The second-order valence-corrected chi connectivity index (χ2v) is 9.04. The van der Waals surface area contributed by atoms with Crippen molar-refractivity contribution in [3.63, 3.8) is 0 Å². The summed E-state index contributed by atoms with van der Waals surface area (Å²) in [6.45, 7) is 10.7. The number of carbonyl (C=O) groups is 1. The van der Waals surface area contributed by atoms with E-state index in [1.54, 1.807) is 0 Å². The lowest BCUT2D eigenvalue weighted by atomic mass is 9.77. The van der Waals surface area contributed by atoms with E-state index in [9.17, 15) is 4.79 Å². The topological polar surface area (TPSA) is 26.3 Å². The lowest BCUT2D eigenvalue weighted by Gasteiger charge is -2.34. The molecule has 2 nitrogen and oxygen atoms in total. The highest BCUT2D eigenvalue weighted by atomic mass is 16.5. The molecule has 0 heterocycles. The Morgan fingerprint density at radius 1 is 0.889 bits per heavy atom. The molecular formula is C25H46O2. The molecule has 0 saturated heterocycles. The molecule has 0 aromatic heterocycles. The Hall–Kier alpha value is -0.790. The third-order valence-electron chi connectivity index (χ3n) is 6.20. The summed E-state index contributed by atoms with van der Waals surface area (Å²) in [4.78, 5) is 12.2. The van der Waals surface area contributed by atoms with Crippen molar-refractivity contribution in [1.29, 1.82) is 0 Å². The van der Waals surface area contributed by atoms with Crippen LogP contribution in [0.1, 0.15) is 124 Å². The second-order valence-electron chi connectivity index (χ2n) is 9.04. The maximum absolute atomic E-state index is 12.2. The predicted molar refractivity (Wildman–Crippen MR) is 117 cm³/mol. The van der Waals surface area contributed by atoms with Gasteiger partial charge in [-0.05, 0) is 38.5 Å². The van der Waals surface area contributed by atoms with Gasteiger partial charge in [-0.3, -0.25) is 4.79 Å². The fourth-order valence-electron chi connectivity index (χ4n) is 4.36. The van der Waals surface area contributed by atoms with Crippen molar-refractivity contribution >= 4 is 5.97 Å². The lowest BCUT2D eigenvalue weighted by Crippen LogP contribution is -2.33. The molecule has 27 heavy (non-hydrogen) atoms. The molecule has 0 aliphatic heterocycles. The molecule has 0 bridgehead atoms. The van der Waals surface area contributed by atoms with Gasteiger partial charge in [0.2, 0.25) is 0 Å². The summed E-state index contributed by atoms with van der Waals surface area (Å²) in [7, 11) is 0. The van der Waals surface area contributed by atoms with Gasteiger partial charge in [-0.15, -0.1) is 0 Å². The first-order valence-electron chi connectivity index (χ1n) is 11.9. The number of carbonyl (C=O) groups excluding carboxylic acids is 1. The molecule has 1 aliphatic carbocycles. The summed E-state index contributed by atoms with van der Waals surface area (Å²) in [6, 6.07) is 0. The largest absolute Gasteiger partial charge is 0.462 e. The van der Waals surface area contributed by atoms with E-state index in [1.165, 1.54) is 76.2 Å². The van der Waals surface area contributed by atoms with Crippen LogP contribution in [0.2, 0.25) is 0 Å². The molecule has 0 spiro atoms. The normalized spacial score (nSPS) is 22.6. The Morgan fingerprint density at radius 2 is 1.41 bits per heavy atom. The maximum atomic E-state index is 12.2. The molecule has 0 N–H and O–H groups in total. The van der Waals surface area contributed by atoms with Crippen LogP contribution in [0.5, 0.6) is 0 Å². The number of unbranched alkanes of at least 4 members (excludes halogenated alkanes) is 11. The van der Waals surface area contributed by atoms with Crippen LogP contribution in [-0.2, 0) is 9.53 Å². The minimum absolute atomic E-state index is 0.00688. The highest BCUT2D eigenvalue weighted by Gasteiger charge is 2.31. The molecule has 1 aliphatic rings. The van der Waals surface area contributed by atoms with Crippen molar-refractivity contribution < 1.29 is 9.53 Å². The molecule has 2 heteroatoms. The fraction of sp³-hybridized carbons (Fsp3) is 0.880. The summed E-state index contributed by atoms with van der Waals surface area (Å²) in [5.74, 6) is 1.03. The summed E-state index contributed by atoms with van der Waals surface area (Å²) >= 11 is 0. The first-order valence-corrected chi connectivity index (χ1v) is 11.9. The number of ether oxygens (including phenoxy) is 1. The van der Waals surface area contributed by atoms with E-state index in [-0.39, 0.29) is 12.1 Å². The quantitative estimate of drug-likeness (QED) is 0.164. The van der Waals surface area contributed by atoms with Gasteiger partial charge >= 0.3 is 5.97 Å². The molecular weight excluding hydrogens is 332 g/mol. The zero-order valence-electron chi connectivity index (χ0n) is 18.6. The average molecular weight is 379 g/mol. The summed E-state index contributed by atoms with van der Waals surface area (Å²) in [5.41, 5.74) is 1.17. The third kappa shape index (κ3) is 11.6. The first-order chi connectivity index (χ1) is 13.0. The van der Waals surface area contributed by atoms with Gasteiger partial charge in [0.25, 0.3) is 0 Å². The number of rotatable bonds is 15. The van der Waals surface area contributed by atoms with E-state index in [4.69, 9.17) is 4.74 Å². The Balaban J connectivity index is 2.00. The molecule has 0 aromatic carbocycles. The molecule has 1 fully saturated rings. The SMILES string of the molecule is C=C(C)[C@@H]1CC[C@@H](C)C[C@H]1OC(=O)CCCCCCCCCCCCCC. The van der Waals surface area contributed by atoms with Crippen molar-refractivity contribution in [3.05, 3.63) is 12.2 Å². The van der Waals surface area contributed by atoms with Crippen molar-refractivity contribution in [2.45, 2.75) is 130 Å². The molecule has 1 saturated carbocycles. The summed E-state index contributed by atoms with van der Waals surface area (Å²) < 4.78 is 5.84. The summed E-state index contributed by atoms with van der Waals surface area (Å²) in [5, 5.41) is 0. The lowest BCUT2D eigenvalue weighted by molar-refractivity contribution is -0.153. The Bertz CT molecular complexity index is 401. The zero-order chi connectivity index (χ0) is 19.9. The molecule has 0 aromatic rings. The van der Waals surface area contributed by atoms with Crippen LogP contribution in [0.4, 0.5) is 0 Å². The minimum Gasteiger partial charge on any atom is -0.462 e. The molecule has 3 atom stereocenters. The Kier molecular flexibility index (Phi) is 13.6. The van der Waals surface area contributed by atoms with Gasteiger partial charge in [-0.1, -0.05) is 96.6 Å². The highest BCUT2D eigenvalue weighted by molar-refractivity contribution is 5.69. The average Bonchev–Trinajstić information content (AvgIpc) is 2.62. The van der Waals surface area contributed by atoms with Gasteiger partial charge in [-0.2, -0.15) is 0 Å². The predicted octanol–water partition coefficient (Wildman–Crippen LogP) is 8.00. The van der Waals surface area contributed by atoms with E-state index in [2.05, 4.69) is 27.4 Å². The van der Waals surface area contributed by atoms with Crippen molar-refractivity contribution in [1.82, 2.24) is 0 Å². The van der Waals surface area contributed by atoms with Crippen molar-refractivity contribution in [3.8, 4) is 0 Å². The van der Waals surface area contributed by atoms with E-state index in [0.29, 0.717) is 18.3 Å². The molecule has 1 rings (SSSR count). The highest BCUT2D eigenvalue weighted by Crippen LogP contribution is 2.34. The van der Waals surface area contributed by atoms with Crippen LogP contribution < -0.4 is 0 Å². The van der Waals surface area contributed by atoms with Crippen LogP contribution in [0.25, 0.3) is 0 Å². The Morgan fingerprint density at radius 3 is 1.93 bits per heavy atom. The van der Waals surface area contributed by atoms with Crippen LogP contribution in [-0.4, -0.2) is 12.1 Å². The maximum Gasteiger partial charge on any atom is 0.306 e. The minimum atomic E-state index is 0.00688. The van der Waals surface area contributed by atoms with Crippen LogP contribution >= 0.6 is 0 Å². The molecule has 0 unspecified atom stereocenters. The first kappa shape index (κ1) is 24.2. The van der Waals surface area contributed by atoms with Gasteiger partial charge in [0.05, 0.1) is 0 Å². The van der Waals surface area contributed by atoms with E-state index >= 15 is 0 Å². The van der Waals surface area contributed by atoms with Gasteiger partial charge in [0.1, 0.15) is 6.10 Å². The standard InChI is InChI=1S/C25H46O2/c1-5-6-7-8-9-10-11-12-13-14-15-16-17-25(26)27-24-20-22(4)18-19-23(24)21(2)3/h22-24H,2,5-20H2,1,3-4H3/t22-,23+,24-/m1/s1. The van der Waals surface area contributed by atoms with E-state index in [1.807, 2.05) is 0 Å². The van der Waals surface area contributed by atoms with E-state index in [0.717, 1.165) is 25.7 Å². The smallest absolute Gasteiger partial charge is 0.306 e. The molecule has 0 radical (unpaired) electrons. The number of hydrogen-bond acceptors (Lipinski definition) is 2. The number of hydrogen-bond donors (Lipinski definition) is 0. The van der Waals surface area contributed by atoms with Gasteiger partial charge in [0, 0.05) is 12.3 Å². The van der Waals surface area contributed by atoms with Crippen molar-refractivity contribution in [2.24, 2.45) is 11.8 Å². The van der Waals surface area contributed by atoms with Gasteiger partial charge < -0.3 is 4.74 Å². The third-order valence-corrected chi connectivity index (χ3v) is 6.20. The van der Waals surface area contributed by atoms with Crippen LogP contribution in [0.3, 0.4) is 0 Å². The van der Waals surface area contributed by atoms with Gasteiger partial charge in [0.15, 0.2) is 0 Å². The monoisotopic (exact) mass is 378 g/mol.